The summed E-state index contributed by atoms with van der Waals surface area (Å²) in [7, 11) is 0. The van der Waals surface area contributed by atoms with Crippen molar-refractivity contribution in [2.75, 3.05) is 0 Å². The minimum atomic E-state index is -1.06. The fourth-order valence-corrected chi connectivity index (χ4v) is 0.880. The van der Waals surface area contributed by atoms with Gasteiger partial charge in [-0.05, 0) is 13.3 Å². The van der Waals surface area contributed by atoms with Crippen LogP contribution in [0.15, 0.2) is 0 Å². The Kier molecular flexibility index (Phi) is 10.2. The molecule has 0 amide bonds. The van der Waals surface area contributed by atoms with Crippen molar-refractivity contribution in [3.8, 4) is 0 Å². The molecule has 0 heterocycles. The number of nitrogens with two attached hydrogens (primary N) is 1. The fraction of sp³-hybridized carbons (Fsp3) is 0.929. The SMILES string of the molecule is CC(C)(C)C(C)(N)O.CCCCCCCC(=O)O. The minimum absolute atomic E-state index is 0.229. The van der Waals surface area contributed by atoms with Crippen LogP contribution in [0, 0.1) is 5.41 Å². The maximum atomic E-state index is 10.0. The van der Waals surface area contributed by atoms with Crippen LogP contribution in [-0.4, -0.2) is 21.9 Å². The van der Waals surface area contributed by atoms with E-state index in [1.54, 1.807) is 6.92 Å². The summed E-state index contributed by atoms with van der Waals surface area (Å²) < 4.78 is 0. The average Bonchev–Trinajstić information content (AvgIpc) is 2.14. The summed E-state index contributed by atoms with van der Waals surface area (Å²) >= 11 is 0. The molecular formula is C14H31NO3. The summed E-state index contributed by atoms with van der Waals surface area (Å²) in [6, 6.07) is 0. The molecule has 4 heteroatoms. The van der Waals surface area contributed by atoms with Crippen molar-refractivity contribution in [3.05, 3.63) is 0 Å². The van der Waals surface area contributed by atoms with Crippen LogP contribution in [-0.2, 0) is 4.79 Å². The average molecular weight is 261 g/mol. The molecule has 0 spiro atoms. The lowest BCUT2D eigenvalue weighted by Crippen LogP contribution is -2.48. The highest BCUT2D eigenvalue weighted by Crippen LogP contribution is 2.24. The molecule has 0 saturated carbocycles. The van der Waals surface area contributed by atoms with Crippen molar-refractivity contribution in [2.45, 2.75) is 78.9 Å². The Morgan fingerprint density at radius 2 is 1.44 bits per heavy atom. The van der Waals surface area contributed by atoms with Crippen LogP contribution in [0.2, 0.25) is 0 Å². The van der Waals surface area contributed by atoms with Gasteiger partial charge >= 0.3 is 5.97 Å². The highest BCUT2D eigenvalue weighted by Gasteiger charge is 2.30. The number of hydrogen-bond donors (Lipinski definition) is 3. The molecule has 1 atom stereocenters. The number of rotatable bonds is 6. The van der Waals surface area contributed by atoms with Crippen LogP contribution < -0.4 is 5.73 Å². The summed E-state index contributed by atoms with van der Waals surface area (Å²) in [5.74, 6) is -0.670. The van der Waals surface area contributed by atoms with E-state index in [9.17, 15) is 4.79 Å². The standard InChI is InChI=1S/C8H16O2.C6H15NO/c1-2-3-4-5-6-7-8(9)10;1-5(2,3)6(4,7)8/h2-7H2,1H3,(H,9,10);8H,7H2,1-4H3. The maximum Gasteiger partial charge on any atom is 0.303 e. The first-order chi connectivity index (χ1) is 8.02. The first-order valence-electron chi connectivity index (χ1n) is 6.75. The molecule has 110 valence electrons. The zero-order valence-electron chi connectivity index (χ0n) is 12.6. The first-order valence-corrected chi connectivity index (χ1v) is 6.75. The molecular weight excluding hydrogens is 230 g/mol. The summed E-state index contributed by atoms with van der Waals surface area (Å²) in [6.45, 7) is 9.44. The molecule has 0 aromatic rings. The zero-order chi connectivity index (χ0) is 14.8. The number of aliphatic hydroxyl groups is 1. The highest BCUT2D eigenvalue weighted by molar-refractivity contribution is 5.66. The fourth-order valence-electron chi connectivity index (χ4n) is 0.880. The monoisotopic (exact) mass is 261 g/mol. The second kappa shape index (κ2) is 9.34. The maximum absolute atomic E-state index is 10.0. The molecule has 0 rings (SSSR count). The van der Waals surface area contributed by atoms with Gasteiger partial charge in [0.25, 0.3) is 0 Å². The van der Waals surface area contributed by atoms with Crippen molar-refractivity contribution in [1.82, 2.24) is 0 Å². The van der Waals surface area contributed by atoms with Crippen LogP contribution in [0.25, 0.3) is 0 Å². The Hall–Kier alpha value is -0.610. The Labute approximate surface area is 112 Å². The molecule has 0 aliphatic heterocycles. The minimum Gasteiger partial charge on any atom is -0.481 e. The normalized spacial score (nSPS) is 14.4. The second-order valence-electron chi connectivity index (χ2n) is 5.96. The molecule has 4 nitrogen and oxygen atoms in total. The highest BCUT2D eigenvalue weighted by atomic mass is 16.4. The lowest BCUT2D eigenvalue weighted by atomic mass is 9.85. The van der Waals surface area contributed by atoms with Gasteiger partial charge in [-0.2, -0.15) is 0 Å². The van der Waals surface area contributed by atoms with Crippen LogP contribution in [0.3, 0.4) is 0 Å². The summed E-state index contributed by atoms with van der Waals surface area (Å²) in [6.07, 6.45) is 5.88. The Balaban J connectivity index is 0. The van der Waals surface area contributed by atoms with E-state index in [1.807, 2.05) is 20.8 Å². The van der Waals surface area contributed by atoms with Gasteiger partial charge in [-0.25, -0.2) is 0 Å². The van der Waals surface area contributed by atoms with Crippen molar-refractivity contribution in [3.63, 3.8) is 0 Å². The molecule has 0 fully saturated rings. The van der Waals surface area contributed by atoms with Gasteiger partial charge in [-0.1, -0.05) is 53.4 Å². The van der Waals surface area contributed by atoms with Crippen LogP contribution in [0.1, 0.15) is 73.1 Å². The molecule has 0 radical (unpaired) electrons. The van der Waals surface area contributed by atoms with Crippen LogP contribution in [0.4, 0.5) is 0 Å². The molecule has 0 aliphatic carbocycles. The van der Waals surface area contributed by atoms with Crippen molar-refractivity contribution in [1.29, 1.82) is 0 Å². The number of hydrogen-bond acceptors (Lipinski definition) is 3. The lowest BCUT2D eigenvalue weighted by molar-refractivity contribution is -0.137. The van der Waals surface area contributed by atoms with Crippen molar-refractivity contribution in [2.24, 2.45) is 11.1 Å². The van der Waals surface area contributed by atoms with E-state index in [2.05, 4.69) is 6.92 Å². The first kappa shape index (κ1) is 19.7. The van der Waals surface area contributed by atoms with Gasteiger partial charge in [0.05, 0.1) is 0 Å². The van der Waals surface area contributed by atoms with Gasteiger partial charge in [-0.3, -0.25) is 4.79 Å². The predicted octanol–water partition coefficient (Wildman–Crippen LogP) is 3.13. The van der Waals surface area contributed by atoms with Gasteiger partial charge in [0.1, 0.15) is 5.72 Å². The third-order valence-electron chi connectivity index (χ3n) is 3.01. The molecule has 18 heavy (non-hydrogen) atoms. The lowest BCUT2D eigenvalue weighted by Gasteiger charge is -2.32. The van der Waals surface area contributed by atoms with E-state index in [4.69, 9.17) is 15.9 Å². The Bertz CT molecular complexity index is 202. The number of carboxylic acids is 1. The zero-order valence-corrected chi connectivity index (χ0v) is 12.6. The smallest absolute Gasteiger partial charge is 0.303 e. The predicted molar refractivity (Wildman–Crippen MR) is 75.3 cm³/mol. The largest absolute Gasteiger partial charge is 0.481 e. The third kappa shape index (κ3) is 13.5. The molecule has 0 aliphatic rings. The summed E-state index contributed by atoms with van der Waals surface area (Å²) in [5, 5.41) is 17.4. The van der Waals surface area contributed by atoms with Gasteiger partial charge in [-0.15, -0.1) is 0 Å². The molecule has 0 aromatic heterocycles. The van der Waals surface area contributed by atoms with E-state index in [-0.39, 0.29) is 5.41 Å². The summed E-state index contributed by atoms with van der Waals surface area (Å²) in [4.78, 5) is 10.0. The topological polar surface area (TPSA) is 83.5 Å². The molecule has 4 N–H and O–H groups in total. The van der Waals surface area contributed by atoms with Gasteiger partial charge < -0.3 is 15.9 Å². The van der Waals surface area contributed by atoms with Crippen LogP contribution in [0.5, 0.6) is 0 Å². The number of unbranched alkanes of at least 4 members (excludes halogenated alkanes) is 4. The molecule has 0 bridgehead atoms. The Morgan fingerprint density at radius 1 is 1.06 bits per heavy atom. The Morgan fingerprint density at radius 3 is 1.72 bits per heavy atom. The van der Waals surface area contributed by atoms with E-state index >= 15 is 0 Å². The molecule has 0 saturated heterocycles. The van der Waals surface area contributed by atoms with Gasteiger partial charge in [0.2, 0.25) is 0 Å². The van der Waals surface area contributed by atoms with E-state index < -0.39 is 11.7 Å². The number of carboxylic acid groups (broad SMARTS) is 1. The van der Waals surface area contributed by atoms with Gasteiger partial charge in [0.15, 0.2) is 0 Å². The van der Waals surface area contributed by atoms with E-state index in [0.717, 1.165) is 12.8 Å². The molecule has 1 unspecified atom stereocenters. The van der Waals surface area contributed by atoms with Crippen molar-refractivity contribution >= 4 is 5.97 Å². The quantitative estimate of drug-likeness (QED) is 0.506. The summed E-state index contributed by atoms with van der Waals surface area (Å²) in [5.41, 5.74) is 4.08. The number of carbonyl (C=O) groups is 1. The molecule has 0 aromatic carbocycles. The van der Waals surface area contributed by atoms with Crippen LogP contribution >= 0.6 is 0 Å². The van der Waals surface area contributed by atoms with E-state index in [1.165, 1.54) is 19.3 Å². The second-order valence-corrected chi connectivity index (χ2v) is 5.96. The van der Waals surface area contributed by atoms with Gasteiger partial charge in [0, 0.05) is 11.8 Å². The third-order valence-corrected chi connectivity index (χ3v) is 3.01. The number of aliphatic carboxylic acids is 1. The van der Waals surface area contributed by atoms with E-state index in [0.29, 0.717) is 6.42 Å². The van der Waals surface area contributed by atoms with Crippen molar-refractivity contribution < 1.29 is 15.0 Å².